The van der Waals surface area contributed by atoms with Gasteiger partial charge < -0.3 is 0 Å². The highest BCUT2D eigenvalue weighted by Crippen LogP contribution is 2.23. The molecule has 0 saturated heterocycles. The smallest absolute Gasteiger partial charge is 0.146 e. The van der Waals surface area contributed by atoms with Gasteiger partial charge in [0.2, 0.25) is 0 Å². The van der Waals surface area contributed by atoms with Gasteiger partial charge in [-0.3, -0.25) is 0 Å². The third kappa shape index (κ3) is 1.55. The molecule has 0 amide bonds. The molecule has 1 aliphatic carbocycles. The number of rotatable bonds is 1. The van der Waals surface area contributed by atoms with Crippen LogP contribution in [0.4, 0.5) is 4.39 Å². The quantitative estimate of drug-likeness (QED) is 0.499. The first-order valence-electron chi connectivity index (χ1n) is 2.86. The van der Waals surface area contributed by atoms with Crippen molar-refractivity contribution in [2.45, 2.75) is 12.1 Å². The fourth-order valence-electron chi connectivity index (χ4n) is 0.738. The lowest BCUT2D eigenvalue weighted by atomic mass is 10.0. The van der Waals surface area contributed by atoms with Crippen molar-refractivity contribution in [1.29, 1.82) is 0 Å². The van der Waals surface area contributed by atoms with Gasteiger partial charge in [0, 0.05) is 6.42 Å². The van der Waals surface area contributed by atoms with Crippen LogP contribution in [0.2, 0.25) is 0 Å². The Bertz CT molecular complexity index is 151. The third-order valence-corrected chi connectivity index (χ3v) is 1.77. The highest BCUT2D eigenvalue weighted by molar-refractivity contribution is 6.18. The molecule has 0 fully saturated rings. The van der Waals surface area contributed by atoms with Crippen molar-refractivity contribution in [3.63, 3.8) is 0 Å². The summed E-state index contributed by atoms with van der Waals surface area (Å²) in [6.45, 7) is 0. The molecule has 50 valence electrons. The molecule has 0 bridgehead atoms. The van der Waals surface area contributed by atoms with Gasteiger partial charge in [-0.25, -0.2) is 4.39 Å². The molecule has 0 aromatic rings. The van der Waals surface area contributed by atoms with Gasteiger partial charge in [-0.15, -0.1) is 11.6 Å². The summed E-state index contributed by atoms with van der Waals surface area (Å²) in [5.41, 5.74) is -1.28. The van der Waals surface area contributed by atoms with Gasteiger partial charge in [0.25, 0.3) is 0 Å². The molecule has 0 aromatic carbocycles. The molecule has 1 atom stereocenters. The number of alkyl halides is 2. The SMILES string of the molecule is FC1(CCl)C=CC=CC1. The first kappa shape index (κ1) is 6.81. The van der Waals surface area contributed by atoms with Crippen molar-refractivity contribution in [3.05, 3.63) is 24.3 Å². The molecule has 2 heteroatoms. The molecule has 0 aliphatic heterocycles. The van der Waals surface area contributed by atoms with Gasteiger partial charge >= 0.3 is 0 Å². The standard InChI is InChI=1S/C7H8ClF/c8-6-7(9)4-2-1-3-5-7/h1-4H,5-6H2. The van der Waals surface area contributed by atoms with E-state index in [9.17, 15) is 4.39 Å². The summed E-state index contributed by atoms with van der Waals surface area (Å²) < 4.78 is 13.0. The van der Waals surface area contributed by atoms with Crippen molar-refractivity contribution in [1.82, 2.24) is 0 Å². The Hall–Kier alpha value is -0.300. The Kier molecular flexibility index (Phi) is 1.91. The van der Waals surface area contributed by atoms with Crippen LogP contribution in [0.5, 0.6) is 0 Å². The summed E-state index contributed by atoms with van der Waals surface area (Å²) in [6, 6.07) is 0. The zero-order valence-corrected chi connectivity index (χ0v) is 5.74. The average molecular weight is 147 g/mol. The molecule has 0 radical (unpaired) electrons. The third-order valence-electron chi connectivity index (χ3n) is 1.32. The molecule has 1 rings (SSSR count). The van der Waals surface area contributed by atoms with E-state index in [1.54, 1.807) is 12.2 Å². The van der Waals surface area contributed by atoms with E-state index in [0.717, 1.165) is 0 Å². The van der Waals surface area contributed by atoms with Crippen molar-refractivity contribution in [2.75, 3.05) is 5.88 Å². The molecular weight excluding hydrogens is 139 g/mol. The highest BCUT2D eigenvalue weighted by Gasteiger charge is 2.24. The zero-order valence-electron chi connectivity index (χ0n) is 4.98. The van der Waals surface area contributed by atoms with Gasteiger partial charge in [-0.1, -0.05) is 18.2 Å². The van der Waals surface area contributed by atoms with Crippen molar-refractivity contribution in [2.24, 2.45) is 0 Å². The summed E-state index contributed by atoms with van der Waals surface area (Å²) in [4.78, 5) is 0. The van der Waals surface area contributed by atoms with Crippen LogP contribution in [0.25, 0.3) is 0 Å². The molecule has 0 saturated carbocycles. The Balaban J connectivity index is 2.63. The van der Waals surface area contributed by atoms with E-state index in [4.69, 9.17) is 11.6 Å². The minimum absolute atomic E-state index is 0.0494. The molecule has 1 unspecified atom stereocenters. The van der Waals surface area contributed by atoms with E-state index in [1.807, 2.05) is 6.08 Å². The van der Waals surface area contributed by atoms with Crippen LogP contribution >= 0.6 is 11.6 Å². The van der Waals surface area contributed by atoms with Crippen LogP contribution in [0.15, 0.2) is 24.3 Å². The minimum Gasteiger partial charge on any atom is -0.238 e. The summed E-state index contributed by atoms with van der Waals surface area (Å²) >= 11 is 5.36. The van der Waals surface area contributed by atoms with Crippen LogP contribution in [0.3, 0.4) is 0 Å². The highest BCUT2D eigenvalue weighted by atomic mass is 35.5. The second kappa shape index (κ2) is 2.53. The number of hydrogen-bond donors (Lipinski definition) is 0. The van der Waals surface area contributed by atoms with Crippen LogP contribution < -0.4 is 0 Å². The van der Waals surface area contributed by atoms with E-state index in [-0.39, 0.29) is 5.88 Å². The van der Waals surface area contributed by atoms with E-state index < -0.39 is 5.67 Å². The Morgan fingerprint density at radius 3 is 2.67 bits per heavy atom. The molecule has 0 N–H and O–H groups in total. The Morgan fingerprint density at radius 1 is 1.56 bits per heavy atom. The van der Waals surface area contributed by atoms with Crippen molar-refractivity contribution >= 4 is 11.6 Å². The summed E-state index contributed by atoms with van der Waals surface area (Å²) in [6.07, 6.45) is 7.20. The van der Waals surface area contributed by atoms with Gasteiger partial charge in [0.05, 0.1) is 5.88 Å². The topological polar surface area (TPSA) is 0 Å². The van der Waals surface area contributed by atoms with Crippen LogP contribution in [0.1, 0.15) is 6.42 Å². The molecule has 0 nitrogen and oxygen atoms in total. The first-order valence-corrected chi connectivity index (χ1v) is 3.39. The average Bonchev–Trinajstić information content (AvgIpc) is 1.90. The first-order chi connectivity index (χ1) is 4.27. The monoisotopic (exact) mass is 146 g/mol. The van der Waals surface area contributed by atoms with Gasteiger partial charge in [0.1, 0.15) is 5.67 Å². The zero-order chi connectivity index (χ0) is 6.74. The second-order valence-corrected chi connectivity index (χ2v) is 2.43. The lowest BCUT2D eigenvalue weighted by Crippen LogP contribution is -2.21. The van der Waals surface area contributed by atoms with E-state index >= 15 is 0 Å². The maximum Gasteiger partial charge on any atom is 0.146 e. The second-order valence-electron chi connectivity index (χ2n) is 2.16. The number of halogens is 2. The van der Waals surface area contributed by atoms with Crippen LogP contribution in [-0.4, -0.2) is 11.5 Å². The van der Waals surface area contributed by atoms with E-state index in [2.05, 4.69) is 0 Å². The molecular formula is C7H8ClF. The predicted octanol–water partition coefficient (Wildman–Crippen LogP) is 2.45. The fourth-order valence-corrected chi connectivity index (χ4v) is 0.936. The molecule has 0 heterocycles. The van der Waals surface area contributed by atoms with Crippen LogP contribution in [0, 0.1) is 0 Å². The maximum atomic E-state index is 13.0. The summed E-state index contributed by atoms with van der Waals surface area (Å²) in [5, 5.41) is 0. The Labute approximate surface area is 59.0 Å². The molecule has 0 spiro atoms. The maximum absolute atomic E-state index is 13.0. The largest absolute Gasteiger partial charge is 0.238 e. The normalized spacial score (nSPS) is 33.1. The molecule has 1 aliphatic rings. The predicted molar refractivity (Wildman–Crippen MR) is 37.5 cm³/mol. The van der Waals surface area contributed by atoms with Crippen molar-refractivity contribution in [3.8, 4) is 0 Å². The lowest BCUT2D eigenvalue weighted by molar-refractivity contribution is 0.264. The minimum atomic E-state index is -1.28. The van der Waals surface area contributed by atoms with Gasteiger partial charge in [-0.05, 0) is 6.08 Å². The van der Waals surface area contributed by atoms with Crippen LogP contribution in [-0.2, 0) is 0 Å². The van der Waals surface area contributed by atoms with Gasteiger partial charge in [-0.2, -0.15) is 0 Å². The number of hydrogen-bond acceptors (Lipinski definition) is 0. The lowest BCUT2D eigenvalue weighted by Gasteiger charge is -2.17. The fraction of sp³-hybridized carbons (Fsp3) is 0.429. The molecule has 9 heavy (non-hydrogen) atoms. The number of allylic oxidation sites excluding steroid dienone is 4. The Morgan fingerprint density at radius 2 is 2.33 bits per heavy atom. The summed E-state index contributed by atoms with van der Waals surface area (Å²) in [5.74, 6) is 0.0494. The van der Waals surface area contributed by atoms with E-state index in [1.165, 1.54) is 6.08 Å². The molecule has 0 aromatic heterocycles. The summed E-state index contributed by atoms with van der Waals surface area (Å²) in [7, 11) is 0. The van der Waals surface area contributed by atoms with E-state index in [0.29, 0.717) is 6.42 Å². The van der Waals surface area contributed by atoms with Gasteiger partial charge in [0.15, 0.2) is 0 Å². The van der Waals surface area contributed by atoms with Crippen molar-refractivity contribution < 1.29 is 4.39 Å².